The zero-order valence-electron chi connectivity index (χ0n) is 18.0. The van der Waals surface area contributed by atoms with Crippen molar-refractivity contribution < 1.29 is 13.7 Å². The Morgan fingerprint density at radius 2 is 1.85 bits per heavy atom. The molecular formula is C23H18FN7O2. The van der Waals surface area contributed by atoms with Gasteiger partial charge in [0.15, 0.2) is 5.82 Å². The van der Waals surface area contributed by atoms with E-state index in [1.54, 1.807) is 19.9 Å². The number of carbonyl (C=O) groups is 1. The van der Waals surface area contributed by atoms with Gasteiger partial charge >= 0.3 is 0 Å². The van der Waals surface area contributed by atoms with Crippen LogP contribution in [-0.2, 0) is 0 Å². The molecule has 2 aromatic carbocycles. The highest BCUT2D eigenvalue weighted by atomic mass is 19.1. The molecule has 0 aliphatic heterocycles. The number of aromatic nitrogens is 6. The Labute approximate surface area is 187 Å². The fourth-order valence-electron chi connectivity index (χ4n) is 3.55. The van der Waals surface area contributed by atoms with E-state index in [4.69, 9.17) is 4.52 Å². The van der Waals surface area contributed by atoms with Crippen molar-refractivity contribution in [2.75, 3.05) is 5.32 Å². The third-order valence-electron chi connectivity index (χ3n) is 5.27. The number of fused-ring (bicyclic) bond motifs is 1. The number of nitrogens with one attached hydrogen (secondary N) is 1. The fourth-order valence-corrected chi connectivity index (χ4v) is 3.55. The molecule has 3 heterocycles. The van der Waals surface area contributed by atoms with Gasteiger partial charge in [0, 0.05) is 11.3 Å². The highest BCUT2D eigenvalue weighted by Gasteiger charge is 2.20. The van der Waals surface area contributed by atoms with Gasteiger partial charge in [-0.1, -0.05) is 35.0 Å². The highest BCUT2D eigenvalue weighted by molar-refractivity contribution is 6.13. The van der Waals surface area contributed by atoms with E-state index in [1.807, 2.05) is 31.2 Å². The first-order valence-electron chi connectivity index (χ1n) is 10.1. The van der Waals surface area contributed by atoms with Gasteiger partial charge in [0.2, 0.25) is 0 Å². The van der Waals surface area contributed by atoms with Gasteiger partial charge in [-0.2, -0.15) is 4.68 Å². The molecule has 0 fully saturated rings. The van der Waals surface area contributed by atoms with Crippen molar-refractivity contribution >= 4 is 22.7 Å². The van der Waals surface area contributed by atoms with Crippen LogP contribution in [0.25, 0.3) is 28.0 Å². The smallest absolute Gasteiger partial charge is 0.259 e. The summed E-state index contributed by atoms with van der Waals surface area (Å²) in [5, 5.41) is 18.4. The van der Waals surface area contributed by atoms with Crippen molar-refractivity contribution in [3.63, 3.8) is 0 Å². The summed E-state index contributed by atoms with van der Waals surface area (Å²) >= 11 is 0. The van der Waals surface area contributed by atoms with Gasteiger partial charge in [-0.15, -0.1) is 5.10 Å². The zero-order valence-corrected chi connectivity index (χ0v) is 18.0. The fraction of sp³-hybridized carbons (Fsp3) is 0.130. The first kappa shape index (κ1) is 20.4. The van der Waals surface area contributed by atoms with Crippen molar-refractivity contribution in [3.8, 4) is 16.9 Å². The van der Waals surface area contributed by atoms with Crippen LogP contribution < -0.4 is 5.32 Å². The number of nitrogens with zero attached hydrogens (tertiary/aromatic N) is 6. The molecule has 1 N–H and O–H groups in total. The monoisotopic (exact) mass is 443 g/mol. The van der Waals surface area contributed by atoms with Crippen molar-refractivity contribution in [1.29, 1.82) is 0 Å². The minimum Gasteiger partial charge on any atom is -0.335 e. The molecule has 0 radical (unpaired) electrons. The summed E-state index contributed by atoms with van der Waals surface area (Å²) in [5.41, 5.74) is 4.18. The second-order valence-corrected chi connectivity index (χ2v) is 7.63. The molecule has 0 bridgehead atoms. The van der Waals surface area contributed by atoms with E-state index in [1.165, 1.54) is 22.9 Å². The molecule has 0 saturated heterocycles. The van der Waals surface area contributed by atoms with E-state index in [0.717, 1.165) is 11.1 Å². The number of hydrogen-bond donors (Lipinski definition) is 1. The Kier molecular flexibility index (Phi) is 4.89. The number of anilines is 1. The Hall–Kier alpha value is -4.47. The van der Waals surface area contributed by atoms with E-state index >= 15 is 0 Å². The molecule has 0 atom stereocenters. The van der Waals surface area contributed by atoms with Gasteiger partial charge in [-0.05, 0) is 55.5 Å². The molecule has 0 unspecified atom stereocenters. The van der Waals surface area contributed by atoms with Crippen LogP contribution in [0, 0.1) is 26.6 Å². The number of amides is 1. The lowest BCUT2D eigenvalue weighted by atomic mass is 10.0. The Morgan fingerprint density at radius 1 is 1.06 bits per heavy atom. The first-order chi connectivity index (χ1) is 15.9. The van der Waals surface area contributed by atoms with Crippen molar-refractivity contribution in [2.45, 2.75) is 20.8 Å². The van der Waals surface area contributed by atoms with E-state index in [2.05, 4.69) is 31.0 Å². The quantitative estimate of drug-likeness (QED) is 0.443. The molecule has 0 saturated carbocycles. The molecule has 10 heteroatoms. The largest absolute Gasteiger partial charge is 0.335 e. The molecule has 0 spiro atoms. The van der Waals surface area contributed by atoms with Crippen molar-refractivity contribution in [2.24, 2.45) is 0 Å². The summed E-state index contributed by atoms with van der Waals surface area (Å²) < 4.78 is 21.0. The lowest BCUT2D eigenvalue weighted by Gasteiger charge is -2.10. The number of tetrazole rings is 1. The molecule has 3 aromatic heterocycles. The SMILES string of the molecule is Cc1ccc(-c2cc(C(=O)Nc3ccc(F)c(-n4nnnc4C)c3)c3c(C)noc3n2)cc1. The van der Waals surface area contributed by atoms with Crippen LogP contribution >= 0.6 is 0 Å². The van der Waals surface area contributed by atoms with Crippen LogP contribution in [0.4, 0.5) is 10.1 Å². The predicted octanol–water partition coefficient (Wildman–Crippen LogP) is 4.18. The molecule has 1 amide bonds. The summed E-state index contributed by atoms with van der Waals surface area (Å²) in [6.07, 6.45) is 0. The van der Waals surface area contributed by atoms with E-state index < -0.39 is 11.7 Å². The Morgan fingerprint density at radius 3 is 2.58 bits per heavy atom. The van der Waals surface area contributed by atoms with Crippen LogP contribution in [-0.4, -0.2) is 36.3 Å². The zero-order chi connectivity index (χ0) is 23.1. The minimum atomic E-state index is -0.522. The number of aryl methyl sites for hydroxylation is 3. The second-order valence-electron chi connectivity index (χ2n) is 7.63. The van der Waals surface area contributed by atoms with Gasteiger partial charge in [0.1, 0.15) is 11.5 Å². The number of carbonyl (C=O) groups excluding carboxylic acids is 1. The van der Waals surface area contributed by atoms with Crippen LogP contribution in [0.2, 0.25) is 0 Å². The average molecular weight is 443 g/mol. The highest BCUT2D eigenvalue weighted by Crippen LogP contribution is 2.28. The summed E-state index contributed by atoms with van der Waals surface area (Å²) in [6.45, 7) is 5.39. The topological polar surface area (TPSA) is 112 Å². The molecule has 9 nitrogen and oxygen atoms in total. The van der Waals surface area contributed by atoms with Crippen LogP contribution in [0.1, 0.15) is 27.4 Å². The summed E-state index contributed by atoms with van der Waals surface area (Å²) in [4.78, 5) is 17.8. The second kappa shape index (κ2) is 7.90. The maximum absolute atomic E-state index is 14.4. The molecule has 5 rings (SSSR count). The molecule has 0 aliphatic carbocycles. The van der Waals surface area contributed by atoms with Crippen molar-refractivity contribution in [1.82, 2.24) is 30.3 Å². The van der Waals surface area contributed by atoms with E-state index in [-0.39, 0.29) is 11.4 Å². The first-order valence-corrected chi connectivity index (χ1v) is 10.1. The molecule has 164 valence electrons. The summed E-state index contributed by atoms with van der Waals surface area (Å²) in [7, 11) is 0. The minimum absolute atomic E-state index is 0.122. The summed E-state index contributed by atoms with van der Waals surface area (Å²) in [5.74, 6) is -0.518. The molecule has 5 aromatic rings. The lowest BCUT2D eigenvalue weighted by Crippen LogP contribution is -2.14. The average Bonchev–Trinajstić information content (AvgIpc) is 3.40. The van der Waals surface area contributed by atoms with Crippen LogP contribution in [0.3, 0.4) is 0 Å². The van der Waals surface area contributed by atoms with Crippen LogP contribution in [0.15, 0.2) is 53.1 Å². The number of pyridine rings is 1. The molecule has 0 aliphatic rings. The number of benzene rings is 2. The Balaban J connectivity index is 1.55. The summed E-state index contributed by atoms with van der Waals surface area (Å²) in [6, 6.07) is 13.7. The lowest BCUT2D eigenvalue weighted by molar-refractivity contribution is 0.102. The van der Waals surface area contributed by atoms with E-state index in [0.29, 0.717) is 33.8 Å². The van der Waals surface area contributed by atoms with Gasteiger partial charge < -0.3 is 9.84 Å². The molecular weight excluding hydrogens is 425 g/mol. The number of rotatable bonds is 4. The maximum atomic E-state index is 14.4. The van der Waals surface area contributed by atoms with Gasteiger partial charge in [0.25, 0.3) is 11.6 Å². The van der Waals surface area contributed by atoms with Crippen molar-refractivity contribution in [3.05, 3.63) is 77.0 Å². The van der Waals surface area contributed by atoms with Crippen LogP contribution in [0.5, 0.6) is 0 Å². The standard InChI is InChI=1S/C23H18FN7O2/c1-12-4-6-15(7-5-12)19-11-17(21-13(2)28-33-23(21)26-19)22(32)25-16-8-9-18(24)20(10-16)31-14(3)27-29-30-31/h4-11H,1-3H3,(H,25,32). The molecule has 33 heavy (non-hydrogen) atoms. The van der Waals surface area contributed by atoms with E-state index in [9.17, 15) is 9.18 Å². The number of halogens is 1. The maximum Gasteiger partial charge on any atom is 0.259 e. The van der Waals surface area contributed by atoms with Gasteiger partial charge in [-0.25, -0.2) is 9.37 Å². The third kappa shape index (κ3) is 3.71. The third-order valence-corrected chi connectivity index (χ3v) is 5.27. The van der Waals surface area contributed by atoms with Gasteiger partial charge in [0.05, 0.1) is 22.3 Å². The van der Waals surface area contributed by atoms with Gasteiger partial charge in [-0.3, -0.25) is 4.79 Å². The Bertz CT molecular complexity index is 1510. The predicted molar refractivity (Wildman–Crippen MR) is 119 cm³/mol. The normalized spacial score (nSPS) is 11.2. The number of hydrogen-bond acceptors (Lipinski definition) is 7.